The molecule has 2 aromatic rings. The predicted molar refractivity (Wildman–Crippen MR) is 63.0 cm³/mol. The Kier molecular flexibility index (Phi) is 3.46. The molecule has 0 spiro atoms. The van der Waals surface area contributed by atoms with Crippen molar-refractivity contribution in [3.63, 3.8) is 0 Å². The number of aryl methyl sites for hydroxylation is 1. The number of furan rings is 1. The molecule has 1 aromatic carbocycles. The van der Waals surface area contributed by atoms with E-state index in [1.54, 1.807) is 6.07 Å². The lowest BCUT2D eigenvalue weighted by Crippen LogP contribution is -2.07. The van der Waals surface area contributed by atoms with Crippen LogP contribution in [-0.2, 0) is 12.6 Å². The zero-order valence-electron chi connectivity index (χ0n) is 10.1. The first-order chi connectivity index (χ1) is 8.91. The molecule has 5 heteroatoms. The van der Waals surface area contributed by atoms with Crippen molar-refractivity contribution in [1.82, 2.24) is 0 Å². The highest BCUT2D eigenvalue weighted by atomic mass is 19.4. The zero-order chi connectivity index (χ0) is 14.0. The summed E-state index contributed by atoms with van der Waals surface area (Å²) in [7, 11) is 0. The van der Waals surface area contributed by atoms with Crippen LogP contribution in [0.15, 0.2) is 40.8 Å². The van der Waals surface area contributed by atoms with E-state index in [0.29, 0.717) is 12.2 Å². The summed E-state index contributed by atoms with van der Waals surface area (Å²) < 4.78 is 42.9. The van der Waals surface area contributed by atoms with E-state index in [-0.39, 0.29) is 11.3 Å². The molecular weight excluding hydrogens is 257 g/mol. The van der Waals surface area contributed by atoms with Crippen LogP contribution in [0.25, 0.3) is 0 Å². The number of carbonyl (C=O) groups excluding carboxylic acids is 1. The van der Waals surface area contributed by atoms with Gasteiger partial charge in [0.15, 0.2) is 5.76 Å². The molecule has 1 aromatic heterocycles. The third kappa shape index (κ3) is 2.86. The second kappa shape index (κ2) is 4.91. The van der Waals surface area contributed by atoms with Crippen molar-refractivity contribution < 1.29 is 22.4 Å². The van der Waals surface area contributed by atoms with Gasteiger partial charge in [-0.3, -0.25) is 4.79 Å². The summed E-state index contributed by atoms with van der Waals surface area (Å²) in [6, 6.07) is 7.42. The third-order valence-corrected chi connectivity index (χ3v) is 2.69. The highest BCUT2D eigenvalue weighted by molar-refractivity contribution is 6.07. The monoisotopic (exact) mass is 268 g/mol. The zero-order valence-corrected chi connectivity index (χ0v) is 10.1. The van der Waals surface area contributed by atoms with Gasteiger partial charge in [-0.15, -0.1) is 0 Å². The van der Waals surface area contributed by atoms with E-state index in [1.165, 1.54) is 18.2 Å². The van der Waals surface area contributed by atoms with E-state index in [9.17, 15) is 18.0 Å². The highest BCUT2D eigenvalue weighted by Crippen LogP contribution is 2.30. The normalized spacial score (nSPS) is 11.6. The summed E-state index contributed by atoms with van der Waals surface area (Å²) in [5.41, 5.74) is -0.882. The third-order valence-electron chi connectivity index (χ3n) is 2.69. The van der Waals surface area contributed by atoms with Crippen molar-refractivity contribution in [2.45, 2.75) is 19.5 Å². The maximum atomic E-state index is 12.6. The average Bonchev–Trinajstić information content (AvgIpc) is 2.86. The van der Waals surface area contributed by atoms with Crippen LogP contribution in [-0.4, -0.2) is 5.78 Å². The molecule has 1 heterocycles. The van der Waals surface area contributed by atoms with Gasteiger partial charge in [-0.2, -0.15) is 13.2 Å². The predicted octanol–water partition coefficient (Wildman–Crippen LogP) is 4.09. The highest BCUT2D eigenvalue weighted by Gasteiger charge is 2.31. The first-order valence-corrected chi connectivity index (χ1v) is 5.72. The molecule has 0 fully saturated rings. The van der Waals surface area contributed by atoms with Crippen molar-refractivity contribution in [3.05, 3.63) is 59.0 Å². The molecule has 0 radical (unpaired) electrons. The lowest BCUT2D eigenvalue weighted by atomic mass is 10.1. The Bertz CT molecular complexity index is 597. The van der Waals surface area contributed by atoms with Crippen molar-refractivity contribution >= 4 is 5.78 Å². The molecule has 100 valence electrons. The second-order valence-corrected chi connectivity index (χ2v) is 4.03. The molecule has 0 atom stereocenters. The first kappa shape index (κ1) is 13.4. The summed E-state index contributed by atoms with van der Waals surface area (Å²) in [4.78, 5) is 12.0. The molecule has 0 unspecified atom stereocenters. The lowest BCUT2D eigenvalue weighted by molar-refractivity contribution is -0.137. The van der Waals surface area contributed by atoms with Crippen LogP contribution in [0.3, 0.4) is 0 Å². The van der Waals surface area contributed by atoms with Crippen LogP contribution < -0.4 is 0 Å². The summed E-state index contributed by atoms with van der Waals surface area (Å²) in [6.07, 6.45) is -3.84. The van der Waals surface area contributed by atoms with Crippen LogP contribution in [0.5, 0.6) is 0 Å². The minimum atomic E-state index is -4.46. The van der Waals surface area contributed by atoms with Gasteiger partial charge in [0, 0.05) is 12.0 Å². The van der Waals surface area contributed by atoms with Gasteiger partial charge in [0.05, 0.1) is 5.56 Å². The van der Waals surface area contributed by atoms with Crippen LogP contribution in [0.1, 0.15) is 34.4 Å². The fourth-order valence-corrected chi connectivity index (χ4v) is 1.67. The number of rotatable bonds is 3. The van der Waals surface area contributed by atoms with Crippen molar-refractivity contribution in [3.8, 4) is 0 Å². The van der Waals surface area contributed by atoms with Crippen LogP contribution in [0.2, 0.25) is 0 Å². The summed E-state index contributed by atoms with van der Waals surface area (Å²) in [5, 5.41) is 0. The van der Waals surface area contributed by atoms with Gasteiger partial charge < -0.3 is 4.42 Å². The van der Waals surface area contributed by atoms with Crippen molar-refractivity contribution in [1.29, 1.82) is 0 Å². The Balaban J connectivity index is 2.34. The molecule has 0 aliphatic rings. The molecule has 0 N–H and O–H groups in total. The van der Waals surface area contributed by atoms with E-state index < -0.39 is 17.5 Å². The van der Waals surface area contributed by atoms with Crippen molar-refractivity contribution in [2.75, 3.05) is 0 Å². The molecule has 0 amide bonds. The minimum Gasteiger partial charge on any atom is -0.458 e. The molecule has 19 heavy (non-hydrogen) atoms. The van der Waals surface area contributed by atoms with Gasteiger partial charge in [-0.25, -0.2) is 0 Å². The smallest absolute Gasteiger partial charge is 0.416 e. The van der Waals surface area contributed by atoms with Gasteiger partial charge in [-0.05, 0) is 24.3 Å². The fourth-order valence-electron chi connectivity index (χ4n) is 1.67. The summed E-state index contributed by atoms with van der Waals surface area (Å²) in [5.74, 6) is 0.123. The quantitative estimate of drug-likeness (QED) is 0.785. The second-order valence-electron chi connectivity index (χ2n) is 4.03. The van der Waals surface area contributed by atoms with E-state index in [4.69, 9.17) is 4.42 Å². The molecular formula is C14H11F3O2. The van der Waals surface area contributed by atoms with E-state index in [0.717, 1.165) is 12.1 Å². The van der Waals surface area contributed by atoms with Gasteiger partial charge in [-0.1, -0.05) is 19.1 Å². The molecule has 2 rings (SSSR count). The minimum absolute atomic E-state index is 0.0353. The summed E-state index contributed by atoms with van der Waals surface area (Å²) in [6.45, 7) is 1.86. The molecule has 2 nitrogen and oxygen atoms in total. The number of carbonyl (C=O) groups is 1. The standard InChI is InChI=1S/C14H11F3O2/c1-2-11-6-7-12(19-11)13(18)9-4-3-5-10(8-9)14(15,16)17/h3-8H,2H2,1H3. The fraction of sp³-hybridized carbons (Fsp3) is 0.214. The molecule has 0 bridgehead atoms. The van der Waals surface area contributed by atoms with Crippen LogP contribution in [0.4, 0.5) is 13.2 Å². The number of alkyl halides is 3. The SMILES string of the molecule is CCc1ccc(C(=O)c2cccc(C(F)(F)F)c2)o1. The van der Waals surface area contributed by atoms with Crippen LogP contribution in [0, 0.1) is 0 Å². The Morgan fingerprint density at radius 3 is 2.53 bits per heavy atom. The maximum absolute atomic E-state index is 12.6. The topological polar surface area (TPSA) is 30.2 Å². The van der Waals surface area contributed by atoms with E-state index in [1.807, 2.05) is 6.92 Å². The molecule has 0 aliphatic carbocycles. The van der Waals surface area contributed by atoms with E-state index in [2.05, 4.69) is 0 Å². The van der Waals surface area contributed by atoms with Crippen molar-refractivity contribution in [2.24, 2.45) is 0 Å². The number of ketones is 1. The molecule has 0 saturated heterocycles. The molecule has 0 aliphatic heterocycles. The molecule has 0 saturated carbocycles. The Morgan fingerprint density at radius 2 is 1.95 bits per heavy atom. The largest absolute Gasteiger partial charge is 0.458 e. The van der Waals surface area contributed by atoms with Crippen LogP contribution >= 0.6 is 0 Å². The number of hydrogen-bond acceptors (Lipinski definition) is 2. The Hall–Kier alpha value is -2.04. The van der Waals surface area contributed by atoms with Gasteiger partial charge in [0.25, 0.3) is 0 Å². The number of benzene rings is 1. The summed E-state index contributed by atoms with van der Waals surface area (Å²) >= 11 is 0. The van der Waals surface area contributed by atoms with Gasteiger partial charge in [0.2, 0.25) is 5.78 Å². The number of hydrogen-bond donors (Lipinski definition) is 0. The first-order valence-electron chi connectivity index (χ1n) is 5.72. The van der Waals surface area contributed by atoms with E-state index >= 15 is 0 Å². The van der Waals surface area contributed by atoms with Gasteiger partial charge in [0.1, 0.15) is 5.76 Å². The number of halogens is 3. The maximum Gasteiger partial charge on any atom is 0.416 e. The lowest BCUT2D eigenvalue weighted by Gasteiger charge is -2.07. The van der Waals surface area contributed by atoms with Gasteiger partial charge >= 0.3 is 6.18 Å². The Morgan fingerprint density at radius 1 is 1.21 bits per heavy atom. The Labute approximate surface area is 107 Å². The average molecular weight is 268 g/mol.